The molecule has 14 heavy (non-hydrogen) atoms. The van der Waals surface area contributed by atoms with E-state index < -0.39 is 0 Å². The molecule has 0 nitrogen and oxygen atoms in total. The Bertz CT molecular complexity index is 180. The molecule has 0 spiro atoms. The molecule has 0 bridgehead atoms. The van der Waals surface area contributed by atoms with Gasteiger partial charge in [0, 0.05) is 0 Å². The highest BCUT2D eigenvalue weighted by Crippen LogP contribution is 2.30. The molecule has 1 fully saturated rings. The largest absolute Gasteiger partial charge is 0.0845 e. The van der Waals surface area contributed by atoms with Gasteiger partial charge in [-0.1, -0.05) is 51.8 Å². The Kier molecular flexibility index (Phi) is 7.55. The lowest BCUT2D eigenvalue weighted by atomic mass is 9.83. The van der Waals surface area contributed by atoms with Crippen LogP contribution in [0.5, 0.6) is 0 Å². The van der Waals surface area contributed by atoms with Gasteiger partial charge in [-0.05, 0) is 37.7 Å². The van der Waals surface area contributed by atoms with Gasteiger partial charge in [-0.2, -0.15) is 0 Å². The standard InChI is InChI=1S/C13H22.CH4/c1-3-5-9-12(4-2)13-10-7-6-8-11-13;/h4-5,9,13H,3,6-8,10-11H2,1-2H3;1H4/b9-5-,12-4+;. The van der Waals surface area contributed by atoms with Gasteiger partial charge in [0.15, 0.2) is 0 Å². The minimum atomic E-state index is 0. The third kappa shape index (κ3) is 4.13. The van der Waals surface area contributed by atoms with Crippen molar-refractivity contribution in [2.45, 2.75) is 59.8 Å². The van der Waals surface area contributed by atoms with Crippen LogP contribution in [0.15, 0.2) is 23.8 Å². The summed E-state index contributed by atoms with van der Waals surface area (Å²) in [7, 11) is 0. The van der Waals surface area contributed by atoms with Gasteiger partial charge in [0.1, 0.15) is 0 Å². The van der Waals surface area contributed by atoms with E-state index in [0.717, 1.165) is 12.3 Å². The zero-order chi connectivity index (χ0) is 9.52. The third-order valence-corrected chi connectivity index (χ3v) is 2.96. The van der Waals surface area contributed by atoms with Gasteiger partial charge in [0.05, 0.1) is 0 Å². The summed E-state index contributed by atoms with van der Waals surface area (Å²) >= 11 is 0. The molecule has 0 N–H and O–H groups in total. The van der Waals surface area contributed by atoms with Gasteiger partial charge in [-0.15, -0.1) is 0 Å². The van der Waals surface area contributed by atoms with Crippen molar-refractivity contribution in [2.24, 2.45) is 5.92 Å². The van der Waals surface area contributed by atoms with E-state index >= 15 is 0 Å². The predicted molar refractivity (Wildman–Crippen MR) is 66.5 cm³/mol. The van der Waals surface area contributed by atoms with Crippen LogP contribution in [0.1, 0.15) is 59.8 Å². The summed E-state index contributed by atoms with van der Waals surface area (Å²) in [6, 6.07) is 0. The average Bonchev–Trinajstić information content (AvgIpc) is 2.21. The normalized spacial score (nSPS) is 19.7. The van der Waals surface area contributed by atoms with Crippen molar-refractivity contribution in [3.8, 4) is 0 Å². The number of hydrogen-bond acceptors (Lipinski definition) is 0. The van der Waals surface area contributed by atoms with Crippen LogP contribution in [0.3, 0.4) is 0 Å². The molecule has 0 amide bonds. The fourth-order valence-corrected chi connectivity index (χ4v) is 2.16. The van der Waals surface area contributed by atoms with E-state index in [1.807, 2.05) is 0 Å². The summed E-state index contributed by atoms with van der Waals surface area (Å²) < 4.78 is 0. The average molecular weight is 194 g/mol. The van der Waals surface area contributed by atoms with Crippen molar-refractivity contribution >= 4 is 0 Å². The molecule has 0 aromatic carbocycles. The second-order valence-electron chi connectivity index (χ2n) is 3.93. The molecule has 0 aromatic rings. The summed E-state index contributed by atoms with van der Waals surface area (Å²) in [5.41, 5.74) is 1.57. The van der Waals surface area contributed by atoms with E-state index in [1.165, 1.54) is 32.1 Å². The maximum atomic E-state index is 2.33. The van der Waals surface area contributed by atoms with Crippen molar-refractivity contribution in [2.75, 3.05) is 0 Å². The SMILES string of the molecule is C.C/C=C(\C=C/CC)C1CCCCC1. The molecule has 0 radical (unpaired) electrons. The van der Waals surface area contributed by atoms with Crippen LogP contribution in [0.25, 0.3) is 0 Å². The highest BCUT2D eigenvalue weighted by atomic mass is 14.2. The van der Waals surface area contributed by atoms with Crippen LogP contribution in [-0.2, 0) is 0 Å². The summed E-state index contributed by atoms with van der Waals surface area (Å²) in [6.07, 6.45) is 15.2. The zero-order valence-corrected chi connectivity index (χ0v) is 9.05. The molecule has 0 saturated heterocycles. The molecule has 1 aliphatic carbocycles. The van der Waals surface area contributed by atoms with Crippen LogP contribution in [0.4, 0.5) is 0 Å². The van der Waals surface area contributed by atoms with Crippen LogP contribution in [-0.4, -0.2) is 0 Å². The first kappa shape index (κ1) is 13.5. The van der Waals surface area contributed by atoms with Gasteiger partial charge in [0.25, 0.3) is 0 Å². The molecule has 1 saturated carbocycles. The maximum Gasteiger partial charge on any atom is -0.0165 e. The third-order valence-electron chi connectivity index (χ3n) is 2.96. The maximum absolute atomic E-state index is 2.33. The smallest absolute Gasteiger partial charge is 0.0165 e. The molecule has 0 atom stereocenters. The van der Waals surface area contributed by atoms with Gasteiger partial charge in [-0.25, -0.2) is 0 Å². The molecule has 1 rings (SSSR count). The first-order chi connectivity index (χ1) is 6.38. The van der Waals surface area contributed by atoms with Gasteiger partial charge < -0.3 is 0 Å². The van der Waals surface area contributed by atoms with E-state index in [2.05, 4.69) is 32.1 Å². The molecule has 0 aromatic heterocycles. The van der Waals surface area contributed by atoms with Gasteiger partial charge >= 0.3 is 0 Å². The number of allylic oxidation sites excluding steroid dienone is 4. The zero-order valence-electron chi connectivity index (χ0n) is 9.05. The second-order valence-corrected chi connectivity index (χ2v) is 3.93. The summed E-state index contributed by atoms with van der Waals surface area (Å²) in [5.74, 6) is 0.863. The molecule has 1 aliphatic rings. The Hall–Kier alpha value is -0.520. The lowest BCUT2D eigenvalue weighted by Crippen LogP contribution is -2.07. The van der Waals surface area contributed by atoms with E-state index in [9.17, 15) is 0 Å². The van der Waals surface area contributed by atoms with Crippen LogP contribution in [0, 0.1) is 5.92 Å². The number of hydrogen-bond donors (Lipinski definition) is 0. The Morgan fingerprint density at radius 2 is 1.86 bits per heavy atom. The Morgan fingerprint density at radius 1 is 1.21 bits per heavy atom. The molecule has 0 heterocycles. The Labute approximate surface area is 90.1 Å². The van der Waals surface area contributed by atoms with Crippen molar-refractivity contribution in [1.29, 1.82) is 0 Å². The predicted octanol–water partition coefficient (Wildman–Crippen LogP) is 5.12. The molecular formula is C14H26. The molecule has 0 heteroatoms. The minimum Gasteiger partial charge on any atom is -0.0845 e. The van der Waals surface area contributed by atoms with E-state index in [0.29, 0.717) is 0 Å². The number of rotatable bonds is 3. The summed E-state index contributed by atoms with van der Waals surface area (Å²) in [6.45, 7) is 4.37. The molecule has 82 valence electrons. The van der Waals surface area contributed by atoms with Gasteiger partial charge in [-0.3, -0.25) is 0 Å². The monoisotopic (exact) mass is 194 g/mol. The topological polar surface area (TPSA) is 0 Å². The Morgan fingerprint density at radius 3 is 2.36 bits per heavy atom. The van der Waals surface area contributed by atoms with E-state index in [-0.39, 0.29) is 7.43 Å². The minimum absolute atomic E-state index is 0. The summed E-state index contributed by atoms with van der Waals surface area (Å²) in [4.78, 5) is 0. The first-order valence-corrected chi connectivity index (χ1v) is 5.71. The van der Waals surface area contributed by atoms with Crippen LogP contribution in [0.2, 0.25) is 0 Å². The van der Waals surface area contributed by atoms with Crippen molar-refractivity contribution < 1.29 is 0 Å². The van der Waals surface area contributed by atoms with Crippen molar-refractivity contribution in [3.05, 3.63) is 23.8 Å². The lowest BCUT2D eigenvalue weighted by Gasteiger charge is -2.22. The summed E-state index contributed by atoms with van der Waals surface area (Å²) in [5, 5.41) is 0. The van der Waals surface area contributed by atoms with Crippen molar-refractivity contribution in [1.82, 2.24) is 0 Å². The fourth-order valence-electron chi connectivity index (χ4n) is 2.16. The van der Waals surface area contributed by atoms with Gasteiger partial charge in [0.2, 0.25) is 0 Å². The molecular weight excluding hydrogens is 168 g/mol. The lowest BCUT2D eigenvalue weighted by molar-refractivity contribution is 0.408. The second kappa shape index (κ2) is 7.84. The quantitative estimate of drug-likeness (QED) is 0.547. The van der Waals surface area contributed by atoms with E-state index in [4.69, 9.17) is 0 Å². The molecule has 0 aliphatic heterocycles. The van der Waals surface area contributed by atoms with Crippen LogP contribution >= 0.6 is 0 Å². The fraction of sp³-hybridized carbons (Fsp3) is 0.714. The molecule has 0 unspecified atom stereocenters. The van der Waals surface area contributed by atoms with Crippen molar-refractivity contribution in [3.63, 3.8) is 0 Å². The highest BCUT2D eigenvalue weighted by Gasteiger charge is 2.14. The van der Waals surface area contributed by atoms with E-state index in [1.54, 1.807) is 5.57 Å². The first-order valence-electron chi connectivity index (χ1n) is 5.71. The van der Waals surface area contributed by atoms with Crippen LogP contribution < -0.4 is 0 Å². The Balaban J connectivity index is 0.00000169. The highest BCUT2D eigenvalue weighted by molar-refractivity contribution is 5.21.